The van der Waals surface area contributed by atoms with Gasteiger partial charge >= 0.3 is 5.82 Å². The topological polar surface area (TPSA) is 58.9 Å². The number of benzene rings is 1. The van der Waals surface area contributed by atoms with E-state index in [1.54, 1.807) is 24.3 Å². The number of nitro groups is 1. The van der Waals surface area contributed by atoms with Crippen molar-refractivity contribution < 1.29 is 4.92 Å². The summed E-state index contributed by atoms with van der Waals surface area (Å²) in [7, 11) is 0. The molecule has 2 aromatic rings. The first-order valence-electron chi connectivity index (χ1n) is 3.61. The van der Waals surface area contributed by atoms with Crippen LogP contribution in [0.3, 0.4) is 0 Å². The summed E-state index contributed by atoms with van der Waals surface area (Å²) >= 11 is 5.78. The Morgan fingerprint density at radius 2 is 2.08 bits per heavy atom. The van der Waals surface area contributed by atoms with Gasteiger partial charge in [-0.25, -0.2) is 4.98 Å². The number of hydrogen-bond acceptors (Lipinski definition) is 2. The van der Waals surface area contributed by atoms with Crippen LogP contribution in [-0.2, 0) is 0 Å². The molecule has 0 radical (unpaired) electrons. The summed E-state index contributed by atoms with van der Waals surface area (Å²) in [5, 5.41) is 11.3. The van der Waals surface area contributed by atoms with Crippen molar-refractivity contribution in [2.75, 3.05) is 0 Å². The maximum Gasteiger partial charge on any atom is 0.340 e. The minimum absolute atomic E-state index is 0.150. The van der Waals surface area contributed by atoms with Crippen LogP contribution >= 0.6 is 11.6 Å². The molecule has 0 saturated heterocycles. The van der Waals surface area contributed by atoms with E-state index in [9.17, 15) is 10.1 Å². The van der Waals surface area contributed by atoms with Gasteiger partial charge in [0, 0.05) is 5.39 Å². The van der Waals surface area contributed by atoms with Crippen LogP contribution in [0.5, 0.6) is 0 Å². The molecule has 0 amide bonds. The lowest BCUT2D eigenvalue weighted by Gasteiger charge is -1.88. The summed E-state index contributed by atoms with van der Waals surface area (Å²) in [6.45, 7) is 0. The maximum atomic E-state index is 10.5. The predicted octanol–water partition coefficient (Wildman–Crippen LogP) is 2.73. The Morgan fingerprint density at radius 1 is 1.38 bits per heavy atom. The zero-order valence-corrected chi connectivity index (χ0v) is 7.21. The van der Waals surface area contributed by atoms with Gasteiger partial charge in [-0.05, 0) is 17.1 Å². The summed E-state index contributed by atoms with van der Waals surface area (Å²) in [6, 6.07) is 7.06. The minimum atomic E-state index is -0.525. The first-order valence-corrected chi connectivity index (χ1v) is 3.98. The largest absolute Gasteiger partial charge is 0.358 e. The molecule has 0 aliphatic carbocycles. The van der Waals surface area contributed by atoms with Gasteiger partial charge in [0.2, 0.25) is 0 Å². The maximum absolute atomic E-state index is 10.5. The third-order valence-electron chi connectivity index (χ3n) is 1.81. The fraction of sp³-hybridized carbons (Fsp3) is 0. The Labute approximate surface area is 78.3 Å². The van der Waals surface area contributed by atoms with Gasteiger partial charge < -0.3 is 10.1 Å². The first kappa shape index (κ1) is 8.07. The molecule has 4 nitrogen and oxygen atoms in total. The molecule has 0 saturated carbocycles. The van der Waals surface area contributed by atoms with Gasteiger partial charge in [0.05, 0.1) is 0 Å². The van der Waals surface area contributed by atoms with Gasteiger partial charge in [0.1, 0.15) is 10.5 Å². The van der Waals surface area contributed by atoms with Crippen LogP contribution in [0.4, 0.5) is 5.82 Å². The molecule has 66 valence electrons. The Kier molecular flexibility index (Phi) is 1.70. The number of aromatic nitrogens is 1. The highest BCUT2D eigenvalue weighted by molar-refractivity contribution is 6.37. The molecule has 1 N–H and O–H groups in total. The molecule has 1 aromatic heterocycles. The Hall–Kier alpha value is -1.55. The molecular formula is C8H5ClN2O2. The lowest BCUT2D eigenvalue weighted by Crippen LogP contribution is -1.87. The number of hydrogen-bond donors (Lipinski definition) is 1. The Bertz CT molecular complexity index is 478. The summed E-state index contributed by atoms with van der Waals surface area (Å²) in [5.74, 6) is -0.150. The molecule has 1 aromatic carbocycles. The molecule has 0 bridgehead atoms. The molecule has 0 atom stereocenters. The van der Waals surface area contributed by atoms with Crippen molar-refractivity contribution in [2.45, 2.75) is 0 Å². The molecule has 0 fully saturated rings. The number of rotatable bonds is 1. The van der Waals surface area contributed by atoms with Crippen molar-refractivity contribution >= 4 is 28.3 Å². The van der Waals surface area contributed by atoms with Crippen molar-refractivity contribution in [3.05, 3.63) is 39.4 Å². The van der Waals surface area contributed by atoms with Gasteiger partial charge in [-0.2, -0.15) is 0 Å². The zero-order valence-electron chi connectivity index (χ0n) is 6.45. The number of para-hydroxylation sites is 1. The van der Waals surface area contributed by atoms with Crippen LogP contribution in [0.2, 0.25) is 5.02 Å². The first-order chi connectivity index (χ1) is 6.20. The second kappa shape index (κ2) is 2.74. The van der Waals surface area contributed by atoms with E-state index < -0.39 is 4.92 Å². The molecular weight excluding hydrogens is 192 g/mol. The van der Waals surface area contributed by atoms with Gasteiger partial charge in [-0.1, -0.05) is 23.7 Å². The molecule has 0 aliphatic rings. The lowest BCUT2D eigenvalue weighted by atomic mass is 10.2. The molecule has 13 heavy (non-hydrogen) atoms. The van der Waals surface area contributed by atoms with Gasteiger partial charge in [0.25, 0.3) is 0 Å². The van der Waals surface area contributed by atoms with Crippen LogP contribution in [0.25, 0.3) is 10.9 Å². The summed E-state index contributed by atoms with van der Waals surface area (Å²) in [6.07, 6.45) is 0. The summed E-state index contributed by atoms with van der Waals surface area (Å²) in [4.78, 5) is 12.6. The van der Waals surface area contributed by atoms with Crippen LogP contribution in [0.1, 0.15) is 0 Å². The van der Waals surface area contributed by atoms with Crippen molar-refractivity contribution in [3.63, 3.8) is 0 Å². The fourth-order valence-electron chi connectivity index (χ4n) is 1.22. The highest BCUT2D eigenvalue weighted by atomic mass is 35.5. The van der Waals surface area contributed by atoms with E-state index >= 15 is 0 Å². The molecule has 2 rings (SSSR count). The van der Waals surface area contributed by atoms with E-state index in [1.165, 1.54) is 0 Å². The van der Waals surface area contributed by atoms with Crippen LogP contribution in [0, 0.1) is 10.1 Å². The van der Waals surface area contributed by atoms with E-state index in [1.807, 2.05) is 0 Å². The average Bonchev–Trinajstić information content (AvgIpc) is 2.45. The third kappa shape index (κ3) is 1.15. The van der Waals surface area contributed by atoms with Crippen LogP contribution < -0.4 is 0 Å². The Balaban J connectivity index is 2.81. The van der Waals surface area contributed by atoms with Crippen LogP contribution in [-0.4, -0.2) is 9.91 Å². The smallest absolute Gasteiger partial charge is 0.340 e. The quantitative estimate of drug-likeness (QED) is 0.563. The second-order valence-corrected chi connectivity index (χ2v) is 2.97. The van der Waals surface area contributed by atoms with Gasteiger partial charge in [-0.15, -0.1) is 0 Å². The molecule has 0 spiro atoms. The third-order valence-corrected chi connectivity index (χ3v) is 2.19. The lowest BCUT2D eigenvalue weighted by molar-refractivity contribution is -0.388. The van der Waals surface area contributed by atoms with Crippen molar-refractivity contribution in [3.8, 4) is 0 Å². The zero-order chi connectivity index (χ0) is 9.42. The summed E-state index contributed by atoms with van der Waals surface area (Å²) < 4.78 is 0. The standard InChI is InChI=1S/C8H5ClN2O2/c9-7-5-3-1-2-4-6(5)10-8(7)11(12)13/h1-4,10H. The molecule has 5 heteroatoms. The van der Waals surface area contributed by atoms with E-state index in [4.69, 9.17) is 11.6 Å². The highest BCUT2D eigenvalue weighted by Gasteiger charge is 2.17. The van der Waals surface area contributed by atoms with Crippen LogP contribution in [0.15, 0.2) is 24.3 Å². The van der Waals surface area contributed by atoms with E-state index in [0.29, 0.717) is 10.9 Å². The van der Waals surface area contributed by atoms with Crippen molar-refractivity contribution in [1.82, 2.24) is 4.98 Å². The number of aromatic amines is 1. The number of fused-ring (bicyclic) bond motifs is 1. The van der Waals surface area contributed by atoms with E-state index in [2.05, 4.69) is 4.98 Å². The van der Waals surface area contributed by atoms with Crippen molar-refractivity contribution in [1.29, 1.82) is 0 Å². The molecule has 0 unspecified atom stereocenters. The second-order valence-electron chi connectivity index (χ2n) is 2.59. The Morgan fingerprint density at radius 3 is 2.69 bits per heavy atom. The average molecular weight is 197 g/mol. The van der Waals surface area contributed by atoms with Gasteiger partial charge in [0.15, 0.2) is 0 Å². The number of nitrogens with one attached hydrogen (secondary N) is 1. The summed E-state index contributed by atoms with van der Waals surface area (Å²) in [5.41, 5.74) is 0.680. The van der Waals surface area contributed by atoms with Crippen molar-refractivity contribution in [2.24, 2.45) is 0 Å². The fourth-order valence-corrected chi connectivity index (χ4v) is 1.50. The number of H-pyrrole nitrogens is 1. The van der Waals surface area contributed by atoms with Gasteiger partial charge in [-0.3, -0.25) is 0 Å². The molecule has 1 heterocycles. The molecule has 0 aliphatic heterocycles. The number of halogens is 1. The highest BCUT2D eigenvalue weighted by Crippen LogP contribution is 2.31. The van der Waals surface area contributed by atoms with E-state index in [-0.39, 0.29) is 10.8 Å². The monoisotopic (exact) mass is 196 g/mol. The minimum Gasteiger partial charge on any atom is -0.358 e. The number of nitrogens with zero attached hydrogens (tertiary/aromatic N) is 1. The normalized spacial score (nSPS) is 10.5. The SMILES string of the molecule is O=[N+]([O-])c1[nH]c2ccccc2c1Cl. The van der Waals surface area contributed by atoms with E-state index in [0.717, 1.165) is 0 Å². The predicted molar refractivity (Wildman–Crippen MR) is 50.0 cm³/mol.